The number of rotatable bonds is 5. The molecule has 0 saturated carbocycles. The van der Waals surface area contributed by atoms with E-state index >= 15 is 0 Å². The summed E-state index contributed by atoms with van der Waals surface area (Å²) in [5, 5.41) is -0.321. The first-order chi connectivity index (χ1) is 12.0. The Labute approximate surface area is 149 Å². The summed E-state index contributed by atoms with van der Waals surface area (Å²) in [5.41, 5.74) is 1.53. The summed E-state index contributed by atoms with van der Waals surface area (Å²) in [6, 6.07) is 14.0. The minimum atomic E-state index is -3.28. The smallest absolute Gasteiger partial charge is 0.181 e. The van der Waals surface area contributed by atoms with Crippen LogP contribution in [0.4, 0.5) is 4.39 Å². The lowest BCUT2D eigenvalue weighted by Gasteiger charge is -2.32. The van der Waals surface area contributed by atoms with Gasteiger partial charge in [-0.05, 0) is 62.5 Å². The van der Waals surface area contributed by atoms with Gasteiger partial charge in [-0.3, -0.25) is 0 Å². The highest BCUT2D eigenvalue weighted by molar-refractivity contribution is 7.92. The lowest BCUT2D eigenvalue weighted by molar-refractivity contribution is 0.232. The molecule has 1 aliphatic heterocycles. The van der Waals surface area contributed by atoms with Crippen molar-refractivity contribution < 1.29 is 12.8 Å². The van der Waals surface area contributed by atoms with E-state index in [0.29, 0.717) is 24.2 Å². The van der Waals surface area contributed by atoms with Crippen molar-refractivity contribution in [3.05, 3.63) is 65.5 Å². The average molecular weight is 361 g/mol. The molecular formula is C20H24FNO2S. The quantitative estimate of drug-likeness (QED) is 0.816. The van der Waals surface area contributed by atoms with Crippen LogP contribution in [0.1, 0.15) is 24.0 Å². The molecule has 0 aliphatic carbocycles. The van der Waals surface area contributed by atoms with Crippen LogP contribution in [0.25, 0.3) is 0 Å². The first kappa shape index (κ1) is 18.1. The van der Waals surface area contributed by atoms with Crippen molar-refractivity contribution in [3.8, 4) is 0 Å². The third-order valence-corrected chi connectivity index (χ3v) is 7.45. The van der Waals surface area contributed by atoms with Crippen molar-refractivity contribution in [3.63, 3.8) is 0 Å². The summed E-state index contributed by atoms with van der Waals surface area (Å²) in [6.07, 6.45) is 1.92. The molecule has 1 aliphatic rings. The number of piperidine rings is 1. The van der Waals surface area contributed by atoms with Gasteiger partial charge in [0.25, 0.3) is 0 Å². The SMILES string of the molecule is Cc1ccccc1S(=O)(=O)C1CCN(CCc2ccccc2F)CC1. The van der Waals surface area contributed by atoms with E-state index in [2.05, 4.69) is 4.90 Å². The van der Waals surface area contributed by atoms with Crippen molar-refractivity contribution in [2.24, 2.45) is 0 Å². The summed E-state index contributed by atoms with van der Waals surface area (Å²) in [6.45, 7) is 4.09. The fourth-order valence-electron chi connectivity index (χ4n) is 3.48. The molecule has 0 radical (unpaired) electrons. The molecule has 0 atom stereocenters. The third kappa shape index (κ3) is 4.10. The molecule has 25 heavy (non-hydrogen) atoms. The Kier molecular flexibility index (Phi) is 5.54. The molecule has 5 heteroatoms. The Morgan fingerprint density at radius 3 is 2.36 bits per heavy atom. The van der Waals surface area contributed by atoms with Gasteiger partial charge in [0.15, 0.2) is 9.84 Å². The first-order valence-corrected chi connectivity index (χ1v) is 10.3. The monoisotopic (exact) mass is 361 g/mol. The number of nitrogens with zero attached hydrogens (tertiary/aromatic N) is 1. The summed E-state index contributed by atoms with van der Waals surface area (Å²) in [5.74, 6) is -0.167. The largest absolute Gasteiger partial charge is 0.303 e. The van der Waals surface area contributed by atoms with Gasteiger partial charge in [0.2, 0.25) is 0 Å². The van der Waals surface area contributed by atoms with E-state index in [9.17, 15) is 12.8 Å². The second kappa shape index (κ2) is 7.67. The van der Waals surface area contributed by atoms with Crippen LogP contribution in [-0.2, 0) is 16.3 Å². The minimum Gasteiger partial charge on any atom is -0.303 e. The number of benzene rings is 2. The molecule has 2 aromatic carbocycles. The maximum atomic E-state index is 13.7. The predicted octanol–water partition coefficient (Wildman–Crippen LogP) is 3.61. The summed E-state index contributed by atoms with van der Waals surface area (Å²) in [7, 11) is -3.28. The van der Waals surface area contributed by atoms with Gasteiger partial charge >= 0.3 is 0 Å². The van der Waals surface area contributed by atoms with Gasteiger partial charge in [0, 0.05) is 6.54 Å². The number of hydrogen-bond acceptors (Lipinski definition) is 3. The number of sulfone groups is 1. The van der Waals surface area contributed by atoms with E-state index in [1.165, 1.54) is 6.07 Å². The molecule has 1 saturated heterocycles. The van der Waals surface area contributed by atoms with Crippen molar-refractivity contribution in [2.75, 3.05) is 19.6 Å². The fourth-order valence-corrected chi connectivity index (χ4v) is 5.45. The third-order valence-electron chi connectivity index (χ3n) is 5.03. The first-order valence-electron chi connectivity index (χ1n) is 8.74. The van der Waals surface area contributed by atoms with Gasteiger partial charge in [0.1, 0.15) is 5.82 Å². The Bertz CT molecular complexity index is 827. The van der Waals surface area contributed by atoms with Crippen LogP contribution < -0.4 is 0 Å². The lowest BCUT2D eigenvalue weighted by Crippen LogP contribution is -2.40. The van der Waals surface area contributed by atoms with Gasteiger partial charge < -0.3 is 4.90 Å². The Morgan fingerprint density at radius 1 is 1.04 bits per heavy atom. The molecule has 3 nitrogen and oxygen atoms in total. The molecule has 1 heterocycles. The van der Waals surface area contributed by atoms with Gasteiger partial charge in [-0.25, -0.2) is 12.8 Å². The summed E-state index contributed by atoms with van der Waals surface area (Å²) >= 11 is 0. The van der Waals surface area contributed by atoms with Crippen LogP contribution >= 0.6 is 0 Å². The number of hydrogen-bond donors (Lipinski definition) is 0. The lowest BCUT2D eigenvalue weighted by atomic mass is 10.1. The average Bonchev–Trinajstić information content (AvgIpc) is 2.61. The molecule has 0 amide bonds. The second-order valence-corrected chi connectivity index (χ2v) is 8.89. The van der Waals surface area contributed by atoms with E-state index in [4.69, 9.17) is 0 Å². The van der Waals surface area contributed by atoms with Crippen LogP contribution in [0.3, 0.4) is 0 Å². The van der Waals surface area contributed by atoms with E-state index in [1.807, 2.05) is 31.2 Å². The Morgan fingerprint density at radius 2 is 1.68 bits per heavy atom. The zero-order valence-corrected chi connectivity index (χ0v) is 15.3. The molecule has 0 N–H and O–H groups in total. The van der Waals surface area contributed by atoms with Gasteiger partial charge in [-0.2, -0.15) is 0 Å². The fraction of sp³-hybridized carbons (Fsp3) is 0.400. The van der Waals surface area contributed by atoms with Crippen LogP contribution in [0.2, 0.25) is 0 Å². The summed E-state index contributed by atoms with van der Waals surface area (Å²) < 4.78 is 39.4. The maximum absolute atomic E-state index is 13.7. The van der Waals surface area contributed by atoms with Gasteiger partial charge in [-0.15, -0.1) is 0 Å². The van der Waals surface area contributed by atoms with Gasteiger partial charge in [-0.1, -0.05) is 36.4 Å². The van der Waals surface area contributed by atoms with Crippen molar-refractivity contribution in [1.29, 1.82) is 0 Å². The Balaban J connectivity index is 1.59. The molecule has 0 aromatic heterocycles. The van der Waals surface area contributed by atoms with Crippen LogP contribution in [0.15, 0.2) is 53.4 Å². The molecule has 0 spiro atoms. The molecule has 0 unspecified atom stereocenters. The highest BCUT2D eigenvalue weighted by Crippen LogP contribution is 2.26. The van der Waals surface area contributed by atoms with E-state index in [-0.39, 0.29) is 11.1 Å². The highest BCUT2D eigenvalue weighted by Gasteiger charge is 2.31. The normalized spacial score (nSPS) is 16.9. The van der Waals surface area contributed by atoms with Crippen molar-refractivity contribution >= 4 is 9.84 Å². The molecule has 1 fully saturated rings. The summed E-state index contributed by atoms with van der Waals surface area (Å²) in [4.78, 5) is 2.69. The molecular weight excluding hydrogens is 337 g/mol. The standard InChI is InChI=1S/C20H24FNO2S/c1-16-6-2-5-9-20(16)25(23,24)18-11-14-22(15-12-18)13-10-17-7-3-4-8-19(17)21/h2-9,18H,10-15H2,1H3. The Hall–Kier alpha value is -1.72. The van der Waals surface area contributed by atoms with Crippen molar-refractivity contribution in [2.45, 2.75) is 36.3 Å². The zero-order valence-electron chi connectivity index (χ0n) is 14.5. The topological polar surface area (TPSA) is 37.4 Å². The van der Waals surface area contributed by atoms with Gasteiger partial charge in [0.05, 0.1) is 10.1 Å². The maximum Gasteiger partial charge on any atom is 0.181 e. The number of halogens is 1. The zero-order chi connectivity index (χ0) is 17.9. The van der Waals surface area contributed by atoms with Crippen LogP contribution in [0.5, 0.6) is 0 Å². The number of aryl methyl sites for hydroxylation is 1. The van der Waals surface area contributed by atoms with Crippen LogP contribution in [-0.4, -0.2) is 38.2 Å². The molecule has 2 aromatic rings. The molecule has 134 valence electrons. The molecule has 0 bridgehead atoms. The predicted molar refractivity (Wildman–Crippen MR) is 97.9 cm³/mol. The second-order valence-electron chi connectivity index (χ2n) is 6.69. The highest BCUT2D eigenvalue weighted by atomic mass is 32.2. The minimum absolute atomic E-state index is 0.167. The van der Waals surface area contributed by atoms with Crippen LogP contribution in [0, 0.1) is 12.7 Å². The van der Waals surface area contributed by atoms with E-state index in [1.54, 1.807) is 18.2 Å². The van der Waals surface area contributed by atoms with E-state index < -0.39 is 9.84 Å². The number of likely N-dealkylation sites (tertiary alicyclic amines) is 1. The van der Waals surface area contributed by atoms with Crippen molar-refractivity contribution in [1.82, 2.24) is 4.90 Å². The molecule has 3 rings (SSSR count). The van der Waals surface area contributed by atoms with E-state index in [0.717, 1.165) is 30.8 Å².